The molecular weight excluding hydrogens is 194 g/mol. The van der Waals surface area contributed by atoms with E-state index in [4.69, 9.17) is 15.2 Å². The van der Waals surface area contributed by atoms with Gasteiger partial charge in [0.2, 0.25) is 0 Å². The van der Waals surface area contributed by atoms with Crippen LogP contribution >= 0.6 is 0 Å². The Morgan fingerprint density at radius 2 is 2.33 bits per heavy atom. The minimum atomic E-state index is -0.499. The monoisotopic (exact) mass is 207 g/mol. The van der Waals surface area contributed by atoms with E-state index in [0.29, 0.717) is 6.42 Å². The minimum Gasteiger partial charge on any atom is -0.497 e. The molecule has 0 bridgehead atoms. The van der Waals surface area contributed by atoms with Crippen molar-refractivity contribution < 1.29 is 14.3 Å². The van der Waals surface area contributed by atoms with Gasteiger partial charge in [-0.25, -0.2) is 0 Å². The molecule has 1 aromatic rings. The Kier molecular flexibility index (Phi) is 2.60. The second-order valence-electron chi connectivity index (χ2n) is 3.54. The normalized spacial score (nSPS) is 25.1. The molecule has 1 heterocycles. The number of rotatable bonds is 2. The van der Waals surface area contributed by atoms with E-state index in [2.05, 4.69) is 0 Å². The van der Waals surface area contributed by atoms with Gasteiger partial charge in [-0.15, -0.1) is 0 Å². The molecule has 1 aliphatic heterocycles. The summed E-state index contributed by atoms with van der Waals surface area (Å²) in [4.78, 5) is 11.1. The molecule has 2 rings (SSSR count). The molecule has 1 aliphatic rings. The minimum absolute atomic E-state index is 0.234. The van der Waals surface area contributed by atoms with Crippen LogP contribution in [0.5, 0.6) is 5.75 Å². The van der Waals surface area contributed by atoms with Gasteiger partial charge in [0.25, 0.3) is 0 Å². The number of hydrogen-bond acceptors (Lipinski definition) is 4. The largest absolute Gasteiger partial charge is 0.497 e. The van der Waals surface area contributed by atoms with Crippen LogP contribution in [0.25, 0.3) is 0 Å². The molecule has 2 unspecified atom stereocenters. The Balaban J connectivity index is 2.19. The van der Waals surface area contributed by atoms with E-state index in [1.54, 1.807) is 7.11 Å². The van der Waals surface area contributed by atoms with Crippen LogP contribution in [-0.4, -0.2) is 19.1 Å². The molecule has 80 valence electrons. The molecular formula is C11H13NO3. The second-order valence-corrected chi connectivity index (χ2v) is 3.54. The number of carbonyl (C=O) groups is 1. The Bertz CT molecular complexity index is 378. The molecule has 4 nitrogen and oxygen atoms in total. The van der Waals surface area contributed by atoms with Crippen molar-refractivity contribution in [3.63, 3.8) is 0 Å². The summed E-state index contributed by atoms with van der Waals surface area (Å²) in [7, 11) is 1.60. The first-order chi connectivity index (χ1) is 7.20. The average molecular weight is 207 g/mol. The summed E-state index contributed by atoms with van der Waals surface area (Å²) in [5, 5.41) is 0. The number of ether oxygens (including phenoxy) is 2. The number of benzene rings is 1. The smallest absolute Gasteiger partial charge is 0.323 e. The van der Waals surface area contributed by atoms with E-state index in [0.717, 1.165) is 11.3 Å². The van der Waals surface area contributed by atoms with Crippen LogP contribution in [0.15, 0.2) is 24.3 Å². The molecule has 0 spiro atoms. The van der Waals surface area contributed by atoms with E-state index in [-0.39, 0.29) is 12.1 Å². The number of hydrogen-bond donors (Lipinski definition) is 1. The van der Waals surface area contributed by atoms with Gasteiger partial charge in [0.15, 0.2) is 0 Å². The van der Waals surface area contributed by atoms with Crippen LogP contribution in [0, 0.1) is 0 Å². The lowest BCUT2D eigenvalue weighted by atomic mass is 10.1. The highest BCUT2D eigenvalue weighted by Crippen LogP contribution is 2.30. The molecule has 2 atom stereocenters. The van der Waals surface area contributed by atoms with Crippen LogP contribution in [0.1, 0.15) is 18.1 Å². The molecule has 2 N–H and O–H groups in total. The Morgan fingerprint density at radius 3 is 2.93 bits per heavy atom. The van der Waals surface area contributed by atoms with Crippen molar-refractivity contribution in [2.75, 3.05) is 7.11 Å². The molecule has 4 heteroatoms. The fourth-order valence-corrected chi connectivity index (χ4v) is 1.65. The van der Waals surface area contributed by atoms with E-state index in [1.165, 1.54) is 0 Å². The van der Waals surface area contributed by atoms with Crippen molar-refractivity contribution in [2.24, 2.45) is 5.73 Å². The zero-order chi connectivity index (χ0) is 10.8. The number of cyclic esters (lactones) is 1. The van der Waals surface area contributed by atoms with E-state index >= 15 is 0 Å². The summed E-state index contributed by atoms with van der Waals surface area (Å²) >= 11 is 0. The maximum absolute atomic E-state index is 11.1. The zero-order valence-corrected chi connectivity index (χ0v) is 8.47. The lowest BCUT2D eigenvalue weighted by Crippen LogP contribution is -2.24. The molecule has 1 aromatic carbocycles. The standard InChI is InChI=1S/C11H13NO3/c1-14-8-4-2-3-7(5-8)10-6-9(12)11(13)15-10/h2-5,9-10H,6,12H2,1H3. The van der Waals surface area contributed by atoms with Crippen molar-refractivity contribution >= 4 is 5.97 Å². The Hall–Kier alpha value is -1.55. The number of methoxy groups -OCH3 is 1. The Morgan fingerprint density at radius 1 is 1.53 bits per heavy atom. The van der Waals surface area contributed by atoms with Crippen LogP contribution in [0.2, 0.25) is 0 Å². The van der Waals surface area contributed by atoms with Crippen molar-refractivity contribution in [1.82, 2.24) is 0 Å². The fraction of sp³-hybridized carbons (Fsp3) is 0.364. The van der Waals surface area contributed by atoms with Crippen molar-refractivity contribution in [2.45, 2.75) is 18.6 Å². The molecule has 0 saturated carbocycles. The van der Waals surface area contributed by atoms with Gasteiger partial charge in [-0.05, 0) is 17.7 Å². The van der Waals surface area contributed by atoms with Crippen LogP contribution < -0.4 is 10.5 Å². The summed E-state index contributed by atoms with van der Waals surface area (Å²) in [6, 6.07) is 6.97. The summed E-state index contributed by atoms with van der Waals surface area (Å²) in [5.74, 6) is 0.423. The van der Waals surface area contributed by atoms with E-state index in [1.807, 2.05) is 24.3 Å². The van der Waals surface area contributed by atoms with Crippen LogP contribution in [0.3, 0.4) is 0 Å². The topological polar surface area (TPSA) is 61.5 Å². The summed E-state index contributed by atoms with van der Waals surface area (Å²) in [5.41, 5.74) is 6.50. The first-order valence-electron chi connectivity index (χ1n) is 4.80. The molecule has 0 amide bonds. The molecule has 0 aromatic heterocycles. The van der Waals surface area contributed by atoms with Gasteiger partial charge in [-0.1, -0.05) is 12.1 Å². The predicted octanol–water partition coefficient (Wildman–Crippen LogP) is 1.01. The quantitative estimate of drug-likeness (QED) is 0.735. The van der Waals surface area contributed by atoms with Gasteiger partial charge in [-0.2, -0.15) is 0 Å². The molecule has 0 aliphatic carbocycles. The molecule has 0 radical (unpaired) electrons. The second kappa shape index (κ2) is 3.90. The number of esters is 1. The lowest BCUT2D eigenvalue weighted by molar-refractivity contribution is -0.142. The highest BCUT2D eigenvalue weighted by Gasteiger charge is 2.32. The predicted molar refractivity (Wildman–Crippen MR) is 54.4 cm³/mol. The average Bonchev–Trinajstić information content (AvgIpc) is 2.59. The summed E-state index contributed by atoms with van der Waals surface area (Å²) < 4.78 is 10.2. The van der Waals surface area contributed by atoms with Crippen LogP contribution in [0.4, 0.5) is 0 Å². The van der Waals surface area contributed by atoms with E-state index in [9.17, 15) is 4.79 Å². The van der Waals surface area contributed by atoms with Crippen molar-refractivity contribution in [3.8, 4) is 5.75 Å². The van der Waals surface area contributed by atoms with E-state index < -0.39 is 6.04 Å². The maximum atomic E-state index is 11.1. The third-order valence-electron chi connectivity index (χ3n) is 2.49. The SMILES string of the molecule is COc1cccc(C2CC(N)C(=O)O2)c1. The van der Waals surface area contributed by atoms with Crippen molar-refractivity contribution in [1.29, 1.82) is 0 Å². The van der Waals surface area contributed by atoms with Gasteiger partial charge in [0.05, 0.1) is 7.11 Å². The number of carbonyl (C=O) groups excluding carboxylic acids is 1. The lowest BCUT2D eigenvalue weighted by Gasteiger charge is -2.10. The maximum Gasteiger partial charge on any atom is 0.323 e. The van der Waals surface area contributed by atoms with Crippen LogP contribution in [-0.2, 0) is 9.53 Å². The van der Waals surface area contributed by atoms with Gasteiger partial charge < -0.3 is 15.2 Å². The third kappa shape index (κ3) is 1.94. The van der Waals surface area contributed by atoms with Gasteiger partial charge in [0, 0.05) is 6.42 Å². The highest BCUT2D eigenvalue weighted by atomic mass is 16.6. The molecule has 15 heavy (non-hydrogen) atoms. The first-order valence-corrected chi connectivity index (χ1v) is 4.80. The van der Waals surface area contributed by atoms with Crippen molar-refractivity contribution in [3.05, 3.63) is 29.8 Å². The fourth-order valence-electron chi connectivity index (χ4n) is 1.65. The zero-order valence-electron chi connectivity index (χ0n) is 8.47. The summed E-state index contributed by atoms with van der Waals surface area (Å²) in [6.45, 7) is 0. The first kappa shape index (κ1) is 9.98. The van der Waals surface area contributed by atoms with Gasteiger partial charge in [-0.3, -0.25) is 4.79 Å². The van der Waals surface area contributed by atoms with Gasteiger partial charge in [0.1, 0.15) is 17.9 Å². The molecule has 1 saturated heterocycles. The highest BCUT2D eigenvalue weighted by molar-refractivity contribution is 5.77. The van der Waals surface area contributed by atoms with Gasteiger partial charge >= 0.3 is 5.97 Å². The third-order valence-corrected chi connectivity index (χ3v) is 2.49. The number of nitrogens with two attached hydrogens (primary N) is 1. The summed E-state index contributed by atoms with van der Waals surface area (Å²) in [6.07, 6.45) is 0.300. The molecule has 1 fully saturated rings. The Labute approximate surface area is 88.0 Å².